The monoisotopic (exact) mass is 368 g/mol. The van der Waals surface area contributed by atoms with E-state index in [1.54, 1.807) is 7.11 Å². The normalized spacial score (nSPS) is 13.2. The molecule has 1 heteroatoms. The Labute approximate surface area is 169 Å². The zero-order valence-corrected chi connectivity index (χ0v) is 16.9. The van der Waals surface area contributed by atoms with Crippen molar-refractivity contribution < 1.29 is 4.74 Å². The first-order chi connectivity index (χ1) is 13.7. The molecular weight excluding hydrogens is 340 g/mol. The molecule has 0 amide bonds. The van der Waals surface area contributed by atoms with Crippen molar-refractivity contribution in [1.29, 1.82) is 0 Å². The van der Waals surface area contributed by atoms with Gasteiger partial charge in [0.25, 0.3) is 0 Å². The predicted molar refractivity (Wildman–Crippen MR) is 121 cm³/mol. The third-order valence-electron chi connectivity index (χ3n) is 5.17. The van der Waals surface area contributed by atoms with Crippen LogP contribution in [0.3, 0.4) is 0 Å². The number of ether oxygens (including phenoxy) is 1. The van der Waals surface area contributed by atoms with Crippen LogP contribution in [-0.2, 0) is 0 Å². The van der Waals surface area contributed by atoms with Crippen molar-refractivity contribution in [2.75, 3.05) is 7.11 Å². The zero-order valence-electron chi connectivity index (χ0n) is 16.9. The molecular formula is C27H28O. The number of methoxy groups -OCH3 is 1. The summed E-state index contributed by atoms with van der Waals surface area (Å²) in [7, 11) is 1.70. The van der Waals surface area contributed by atoms with E-state index >= 15 is 0 Å². The molecule has 3 aromatic carbocycles. The van der Waals surface area contributed by atoms with Gasteiger partial charge in [-0.2, -0.15) is 0 Å². The minimum Gasteiger partial charge on any atom is -0.497 e. The fraction of sp³-hybridized carbons (Fsp3) is 0.185. The molecule has 0 aliphatic carbocycles. The fourth-order valence-corrected chi connectivity index (χ4v) is 3.63. The van der Waals surface area contributed by atoms with Gasteiger partial charge in [0.1, 0.15) is 5.75 Å². The van der Waals surface area contributed by atoms with Crippen molar-refractivity contribution >= 4 is 11.6 Å². The van der Waals surface area contributed by atoms with Crippen molar-refractivity contribution in [3.8, 4) is 5.75 Å². The first-order valence-corrected chi connectivity index (χ1v) is 9.85. The third-order valence-corrected chi connectivity index (χ3v) is 5.17. The summed E-state index contributed by atoms with van der Waals surface area (Å²) in [6, 6.07) is 29.6. The second kappa shape index (κ2) is 9.75. The van der Waals surface area contributed by atoms with E-state index in [9.17, 15) is 0 Å². The maximum atomic E-state index is 5.32. The van der Waals surface area contributed by atoms with Crippen molar-refractivity contribution in [1.82, 2.24) is 0 Å². The number of allylic oxidation sites excluding steroid dienone is 3. The van der Waals surface area contributed by atoms with Crippen LogP contribution >= 0.6 is 0 Å². The highest BCUT2D eigenvalue weighted by molar-refractivity contribution is 5.71. The van der Waals surface area contributed by atoms with Crippen LogP contribution < -0.4 is 4.74 Å². The van der Waals surface area contributed by atoms with E-state index in [0.29, 0.717) is 0 Å². The molecule has 0 spiro atoms. The van der Waals surface area contributed by atoms with E-state index in [1.165, 1.54) is 27.8 Å². The van der Waals surface area contributed by atoms with Crippen molar-refractivity contribution in [3.05, 3.63) is 113 Å². The smallest absolute Gasteiger partial charge is 0.118 e. The molecule has 0 saturated heterocycles. The lowest BCUT2D eigenvalue weighted by atomic mass is 9.85. The van der Waals surface area contributed by atoms with E-state index in [1.807, 2.05) is 12.1 Å². The summed E-state index contributed by atoms with van der Waals surface area (Å²) in [5.74, 6) is 1.12. The lowest BCUT2D eigenvalue weighted by molar-refractivity contribution is 0.415. The lowest BCUT2D eigenvalue weighted by Gasteiger charge is -2.20. The summed E-state index contributed by atoms with van der Waals surface area (Å²) in [5, 5.41) is 0. The number of hydrogen-bond acceptors (Lipinski definition) is 1. The molecule has 142 valence electrons. The average molecular weight is 369 g/mol. The molecule has 28 heavy (non-hydrogen) atoms. The van der Waals surface area contributed by atoms with Gasteiger partial charge in [-0.05, 0) is 47.7 Å². The van der Waals surface area contributed by atoms with Gasteiger partial charge in [0, 0.05) is 5.92 Å². The van der Waals surface area contributed by atoms with E-state index in [-0.39, 0.29) is 5.92 Å². The van der Waals surface area contributed by atoms with Gasteiger partial charge in [0.2, 0.25) is 0 Å². The summed E-state index contributed by atoms with van der Waals surface area (Å²) in [4.78, 5) is 0. The highest BCUT2D eigenvalue weighted by Crippen LogP contribution is 2.34. The van der Waals surface area contributed by atoms with Crippen LogP contribution in [0.1, 0.15) is 42.9 Å². The van der Waals surface area contributed by atoms with Gasteiger partial charge in [0.15, 0.2) is 0 Å². The van der Waals surface area contributed by atoms with Crippen LogP contribution in [0.5, 0.6) is 5.75 Å². The van der Waals surface area contributed by atoms with Gasteiger partial charge in [-0.3, -0.25) is 0 Å². The number of rotatable bonds is 7. The SMILES string of the molecule is CC/C(=C(/C)C(/C=C/c1ccccc1)c1ccccc1)c1ccc(OC)cc1. The topological polar surface area (TPSA) is 9.23 Å². The summed E-state index contributed by atoms with van der Waals surface area (Å²) < 4.78 is 5.32. The van der Waals surface area contributed by atoms with E-state index in [4.69, 9.17) is 4.74 Å². The predicted octanol–water partition coefficient (Wildman–Crippen LogP) is 7.38. The first kappa shape index (κ1) is 19.7. The molecule has 0 aliphatic heterocycles. The molecule has 0 aromatic heterocycles. The van der Waals surface area contributed by atoms with Crippen molar-refractivity contribution in [2.45, 2.75) is 26.2 Å². The highest BCUT2D eigenvalue weighted by atomic mass is 16.5. The first-order valence-electron chi connectivity index (χ1n) is 9.85. The average Bonchev–Trinajstić information content (AvgIpc) is 2.76. The summed E-state index contributed by atoms with van der Waals surface area (Å²) in [6.07, 6.45) is 5.53. The second-order valence-electron chi connectivity index (χ2n) is 6.90. The minimum atomic E-state index is 0.235. The van der Waals surface area contributed by atoms with E-state index < -0.39 is 0 Å². The molecule has 0 saturated carbocycles. The Morgan fingerprint density at radius 2 is 1.46 bits per heavy atom. The Kier molecular flexibility index (Phi) is 6.86. The highest BCUT2D eigenvalue weighted by Gasteiger charge is 2.15. The molecule has 3 rings (SSSR count). The molecule has 0 N–H and O–H groups in total. The third kappa shape index (κ3) is 4.80. The standard InChI is InChI=1S/C27H28O/c1-4-26(24-16-18-25(28-3)19-17-24)21(2)27(23-13-9-6-10-14-23)20-15-22-11-7-5-8-12-22/h5-20,27H,4H2,1-3H3/b20-15+,26-21+. The quantitative estimate of drug-likeness (QED) is 0.423. The molecule has 0 heterocycles. The van der Waals surface area contributed by atoms with Gasteiger partial charge < -0.3 is 4.74 Å². The number of hydrogen-bond donors (Lipinski definition) is 0. The fourth-order valence-electron chi connectivity index (χ4n) is 3.63. The maximum Gasteiger partial charge on any atom is 0.118 e. The van der Waals surface area contributed by atoms with Crippen molar-refractivity contribution in [2.24, 2.45) is 0 Å². The molecule has 3 aromatic rings. The van der Waals surface area contributed by atoms with E-state index in [2.05, 4.69) is 98.8 Å². The molecule has 1 unspecified atom stereocenters. The maximum absolute atomic E-state index is 5.32. The summed E-state index contributed by atoms with van der Waals surface area (Å²) >= 11 is 0. The van der Waals surface area contributed by atoms with Crippen LogP contribution in [-0.4, -0.2) is 7.11 Å². The van der Waals surface area contributed by atoms with Crippen molar-refractivity contribution in [3.63, 3.8) is 0 Å². The molecule has 0 radical (unpaired) electrons. The van der Waals surface area contributed by atoms with Crippen LogP contribution in [0.4, 0.5) is 0 Å². The van der Waals surface area contributed by atoms with Gasteiger partial charge in [-0.1, -0.05) is 97.4 Å². The van der Waals surface area contributed by atoms with E-state index in [0.717, 1.165) is 12.2 Å². The van der Waals surface area contributed by atoms with Gasteiger partial charge in [-0.15, -0.1) is 0 Å². The number of benzene rings is 3. The Balaban J connectivity index is 2.03. The lowest BCUT2D eigenvalue weighted by Crippen LogP contribution is -2.01. The Bertz CT molecular complexity index is 919. The Morgan fingerprint density at radius 1 is 0.857 bits per heavy atom. The molecule has 0 bridgehead atoms. The Hall–Kier alpha value is -3.06. The Morgan fingerprint density at radius 3 is 2.04 bits per heavy atom. The minimum absolute atomic E-state index is 0.235. The second-order valence-corrected chi connectivity index (χ2v) is 6.90. The van der Waals surface area contributed by atoms with Gasteiger partial charge >= 0.3 is 0 Å². The van der Waals surface area contributed by atoms with Crippen LogP contribution in [0.2, 0.25) is 0 Å². The van der Waals surface area contributed by atoms with Gasteiger partial charge in [0.05, 0.1) is 7.11 Å². The van der Waals surface area contributed by atoms with Crippen LogP contribution in [0.15, 0.2) is 96.6 Å². The molecule has 0 aliphatic rings. The van der Waals surface area contributed by atoms with Crippen LogP contribution in [0.25, 0.3) is 11.6 Å². The largest absolute Gasteiger partial charge is 0.497 e. The van der Waals surface area contributed by atoms with Crippen LogP contribution in [0, 0.1) is 0 Å². The zero-order chi connectivity index (χ0) is 19.8. The molecule has 1 nitrogen and oxygen atoms in total. The van der Waals surface area contributed by atoms with Gasteiger partial charge in [-0.25, -0.2) is 0 Å². The summed E-state index contributed by atoms with van der Waals surface area (Å²) in [5.41, 5.74) is 6.56. The molecule has 0 fully saturated rings. The summed E-state index contributed by atoms with van der Waals surface area (Å²) in [6.45, 7) is 4.49. The molecule has 1 atom stereocenters.